The maximum absolute atomic E-state index is 12.6. The number of carbonyl (C=O) groups is 3. The first-order valence-electron chi connectivity index (χ1n) is 10.1. The van der Waals surface area contributed by atoms with Gasteiger partial charge in [-0.05, 0) is 73.6 Å². The lowest BCUT2D eigenvalue weighted by atomic mass is 10.1. The fraction of sp³-hybridized carbons (Fsp3) is 0.0833. The van der Waals surface area contributed by atoms with E-state index in [0.29, 0.717) is 37.7 Å². The van der Waals surface area contributed by atoms with Crippen molar-refractivity contribution in [3.63, 3.8) is 0 Å². The minimum Gasteiger partial charge on any atom is -0.478 e. The number of hydrogen-bond donors (Lipinski definition) is 3. The Kier molecular flexibility index (Phi) is 6.75. The maximum atomic E-state index is 12.6. The number of thioether (sulfide) groups is 1. The van der Waals surface area contributed by atoms with Crippen LogP contribution in [0.3, 0.4) is 0 Å². The number of hydrogen-bond acceptors (Lipinski definition) is 5. The molecule has 4 rings (SSSR count). The lowest BCUT2D eigenvalue weighted by molar-refractivity contribution is -0.115. The highest BCUT2D eigenvalue weighted by atomic mass is 35.5. The van der Waals surface area contributed by atoms with Crippen molar-refractivity contribution in [3.8, 4) is 5.69 Å². The number of benzene rings is 2. The molecule has 0 saturated carbocycles. The summed E-state index contributed by atoms with van der Waals surface area (Å²) in [6.07, 6.45) is 1.69. The highest BCUT2D eigenvalue weighted by molar-refractivity contribution is 8.18. The Hall–Kier alpha value is -3.53. The van der Waals surface area contributed by atoms with Gasteiger partial charge >= 0.3 is 11.9 Å². The van der Waals surface area contributed by atoms with Gasteiger partial charge in [-0.2, -0.15) is 0 Å². The van der Waals surface area contributed by atoms with Crippen LogP contribution in [0, 0.1) is 13.8 Å². The number of halogens is 2. The van der Waals surface area contributed by atoms with Gasteiger partial charge < -0.3 is 20.1 Å². The summed E-state index contributed by atoms with van der Waals surface area (Å²) in [6, 6.07) is 10.8. The van der Waals surface area contributed by atoms with Crippen molar-refractivity contribution < 1.29 is 24.6 Å². The molecule has 35 heavy (non-hydrogen) atoms. The van der Waals surface area contributed by atoms with Gasteiger partial charge in [0.05, 0.1) is 31.8 Å². The Labute approximate surface area is 213 Å². The summed E-state index contributed by atoms with van der Waals surface area (Å²) >= 11 is 13.4. The molecular formula is C24H17Cl2N3O5S. The van der Waals surface area contributed by atoms with Crippen molar-refractivity contribution in [2.45, 2.75) is 13.8 Å². The molecule has 1 aliphatic heterocycles. The first-order valence-corrected chi connectivity index (χ1v) is 11.7. The average Bonchev–Trinajstić information content (AvgIpc) is 3.28. The van der Waals surface area contributed by atoms with Crippen molar-refractivity contribution in [1.82, 2.24) is 9.88 Å². The highest BCUT2D eigenvalue weighted by Gasteiger charge is 2.25. The van der Waals surface area contributed by atoms with Crippen LogP contribution in [-0.2, 0) is 4.79 Å². The molecule has 2 heterocycles. The summed E-state index contributed by atoms with van der Waals surface area (Å²) in [5.41, 5.74) is 2.68. The maximum Gasteiger partial charge on any atom is 0.335 e. The van der Waals surface area contributed by atoms with E-state index in [-0.39, 0.29) is 22.1 Å². The monoisotopic (exact) mass is 529 g/mol. The molecule has 1 aliphatic rings. The number of carbonyl (C=O) groups excluding carboxylic acids is 1. The minimum atomic E-state index is -1.23. The first kappa shape index (κ1) is 24.6. The second kappa shape index (κ2) is 9.61. The first-order chi connectivity index (χ1) is 16.5. The average molecular weight is 530 g/mol. The third-order valence-electron chi connectivity index (χ3n) is 5.23. The third-order valence-corrected chi connectivity index (χ3v) is 6.95. The SMILES string of the molecule is Cc1cc(/C=C2\SC(=Nc3cccc(Cl)c3Cl)NC2=O)c(C)n1-c1cc(C(=O)O)cc(C(=O)O)c1. The number of carboxylic acid groups (broad SMARTS) is 2. The van der Waals surface area contributed by atoms with E-state index in [0.717, 1.165) is 23.5 Å². The van der Waals surface area contributed by atoms with E-state index in [1.165, 1.54) is 12.1 Å². The number of amidine groups is 1. The number of rotatable bonds is 5. The lowest BCUT2D eigenvalue weighted by Gasteiger charge is -2.12. The molecule has 178 valence electrons. The van der Waals surface area contributed by atoms with Crippen LogP contribution in [0.2, 0.25) is 10.0 Å². The second-order valence-electron chi connectivity index (χ2n) is 7.60. The molecule has 0 radical (unpaired) electrons. The molecule has 3 N–H and O–H groups in total. The van der Waals surface area contributed by atoms with Crippen LogP contribution in [0.5, 0.6) is 0 Å². The lowest BCUT2D eigenvalue weighted by Crippen LogP contribution is -2.19. The van der Waals surface area contributed by atoms with Crippen LogP contribution < -0.4 is 5.32 Å². The molecule has 0 bridgehead atoms. The third kappa shape index (κ3) is 4.97. The molecule has 0 atom stereocenters. The molecule has 0 unspecified atom stereocenters. The largest absolute Gasteiger partial charge is 0.478 e. The zero-order chi connectivity index (χ0) is 25.4. The van der Waals surface area contributed by atoms with Gasteiger partial charge in [0.1, 0.15) is 0 Å². The smallest absolute Gasteiger partial charge is 0.335 e. The standard InChI is InChI=1S/C24H17Cl2N3O5S/c1-11-6-13(12(2)29(11)16-8-14(22(31)32)7-15(9-16)23(33)34)10-19-21(30)28-24(35-19)27-18-5-3-4-17(25)20(18)26/h3-10H,1-2H3,(H,31,32)(H,33,34)(H,27,28,30)/b19-10-. The van der Waals surface area contributed by atoms with Gasteiger partial charge in [0, 0.05) is 17.1 Å². The number of aromatic carboxylic acids is 2. The van der Waals surface area contributed by atoms with Gasteiger partial charge in [-0.15, -0.1) is 0 Å². The van der Waals surface area contributed by atoms with E-state index in [4.69, 9.17) is 23.2 Å². The normalized spacial score (nSPS) is 15.6. The second-order valence-corrected chi connectivity index (χ2v) is 9.41. The van der Waals surface area contributed by atoms with Crippen molar-refractivity contribution >= 4 is 69.7 Å². The molecule has 1 fully saturated rings. The number of carboxylic acids is 2. The Bertz CT molecular complexity index is 1440. The van der Waals surface area contributed by atoms with E-state index in [1.807, 2.05) is 6.07 Å². The number of amides is 1. The van der Waals surface area contributed by atoms with Crippen molar-refractivity contribution in [2.75, 3.05) is 0 Å². The van der Waals surface area contributed by atoms with Gasteiger partial charge in [0.25, 0.3) is 5.91 Å². The van der Waals surface area contributed by atoms with E-state index >= 15 is 0 Å². The molecule has 2 aromatic carbocycles. The topological polar surface area (TPSA) is 121 Å². The van der Waals surface area contributed by atoms with Gasteiger partial charge in [-0.1, -0.05) is 29.3 Å². The minimum absolute atomic E-state index is 0.140. The van der Waals surface area contributed by atoms with E-state index < -0.39 is 11.9 Å². The zero-order valence-corrected chi connectivity index (χ0v) is 20.6. The van der Waals surface area contributed by atoms with Gasteiger partial charge in [0.2, 0.25) is 0 Å². The molecule has 1 amide bonds. The summed E-state index contributed by atoms with van der Waals surface area (Å²) in [4.78, 5) is 40.4. The molecule has 8 nitrogen and oxygen atoms in total. The molecule has 1 aromatic heterocycles. The van der Waals surface area contributed by atoms with Gasteiger partial charge in [0.15, 0.2) is 5.17 Å². The predicted octanol–water partition coefficient (Wildman–Crippen LogP) is 5.69. The molecule has 3 aromatic rings. The highest BCUT2D eigenvalue weighted by Crippen LogP contribution is 2.35. The van der Waals surface area contributed by atoms with Crippen LogP contribution in [-0.4, -0.2) is 37.8 Å². The van der Waals surface area contributed by atoms with Crippen LogP contribution in [0.25, 0.3) is 11.8 Å². The molecule has 0 spiro atoms. The quantitative estimate of drug-likeness (QED) is 0.365. The zero-order valence-electron chi connectivity index (χ0n) is 18.3. The van der Waals surface area contributed by atoms with Crippen LogP contribution >= 0.6 is 35.0 Å². The van der Waals surface area contributed by atoms with Crippen molar-refractivity contribution in [3.05, 3.63) is 85.5 Å². The summed E-state index contributed by atoms with van der Waals surface area (Å²) in [7, 11) is 0. The number of aromatic nitrogens is 1. The van der Waals surface area contributed by atoms with Crippen LogP contribution in [0.15, 0.2) is 52.4 Å². The number of nitrogens with zero attached hydrogens (tertiary/aromatic N) is 2. The van der Waals surface area contributed by atoms with Gasteiger partial charge in [-0.25, -0.2) is 14.6 Å². The Morgan fingerprint density at radius 1 is 1.06 bits per heavy atom. The Morgan fingerprint density at radius 2 is 1.71 bits per heavy atom. The summed E-state index contributed by atoms with van der Waals surface area (Å²) in [5.74, 6) is -2.80. The summed E-state index contributed by atoms with van der Waals surface area (Å²) in [5, 5.41) is 22.5. The molecule has 1 saturated heterocycles. The van der Waals surface area contributed by atoms with E-state index in [9.17, 15) is 24.6 Å². The summed E-state index contributed by atoms with van der Waals surface area (Å²) in [6.45, 7) is 3.60. The van der Waals surface area contributed by atoms with Crippen molar-refractivity contribution in [1.29, 1.82) is 0 Å². The van der Waals surface area contributed by atoms with E-state index in [2.05, 4.69) is 10.3 Å². The number of aryl methyl sites for hydroxylation is 1. The molecular weight excluding hydrogens is 513 g/mol. The summed E-state index contributed by atoms with van der Waals surface area (Å²) < 4.78 is 1.74. The molecule has 11 heteroatoms. The number of aliphatic imine (C=N–C) groups is 1. The van der Waals surface area contributed by atoms with Crippen LogP contribution in [0.4, 0.5) is 5.69 Å². The van der Waals surface area contributed by atoms with Crippen LogP contribution in [0.1, 0.15) is 37.7 Å². The van der Waals surface area contributed by atoms with E-state index in [1.54, 1.807) is 42.7 Å². The molecule has 0 aliphatic carbocycles. The van der Waals surface area contributed by atoms with Gasteiger partial charge in [-0.3, -0.25) is 4.79 Å². The Balaban J connectivity index is 1.71. The fourth-order valence-electron chi connectivity index (χ4n) is 3.63. The predicted molar refractivity (Wildman–Crippen MR) is 136 cm³/mol. The van der Waals surface area contributed by atoms with Crippen molar-refractivity contribution in [2.24, 2.45) is 4.99 Å². The fourth-order valence-corrected chi connectivity index (χ4v) is 4.79. The Morgan fingerprint density at radius 3 is 2.34 bits per heavy atom. The number of nitrogens with one attached hydrogen (secondary N) is 1.